The Kier molecular flexibility index (Phi) is 4.62. The van der Waals surface area contributed by atoms with Crippen LogP contribution in [0.15, 0.2) is 0 Å². The average Bonchev–Trinajstić information content (AvgIpc) is 1.96. The molecule has 0 saturated carbocycles. The van der Waals surface area contributed by atoms with E-state index < -0.39 is 0 Å². The molecule has 0 radical (unpaired) electrons. The molecule has 2 nitrogen and oxygen atoms in total. The molecule has 0 aromatic carbocycles. The molecule has 0 aliphatic heterocycles. The molecule has 0 fully saturated rings. The van der Waals surface area contributed by atoms with Gasteiger partial charge >= 0.3 is 0 Å². The van der Waals surface area contributed by atoms with Gasteiger partial charge in [0.25, 0.3) is 0 Å². The summed E-state index contributed by atoms with van der Waals surface area (Å²) in [6.07, 6.45) is 0. The van der Waals surface area contributed by atoms with Crippen LogP contribution in [-0.4, -0.2) is 19.5 Å². The standard InChI is InChI=1S/C11H22O2/c1-8(2)10(12)9(7-13-6)11(3,4)5/h8-9H,7H2,1-6H3. The predicted molar refractivity (Wildman–Crippen MR) is 54.7 cm³/mol. The molecule has 0 spiro atoms. The number of hydrogen-bond acceptors (Lipinski definition) is 2. The number of ketones is 1. The quantitative estimate of drug-likeness (QED) is 0.674. The zero-order chi connectivity index (χ0) is 10.6. The lowest BCUT2D eigenvalue weighted by Crippen LogP contribution is -2.34. The second-order valence-corrected chi connectivity index (χ2v) is 4.93. The Bertz CT molecular complexity index is 165. The zero-order valence-electron chi connectivity index (χ0n) is 9.68. The minimum absolute atomic E-state index is 0.00262. The highest BCUT2D eigenvalue weighted by molar-refractivity contribution is 5.83. The van der Waals surface area contributed by atoms with Gasteiger partial charge in [0.15, 0.2) is 0 Å². The first kappa shape index (κ1) is 12.6. The highest BCUT2D eigenvalue weighted by Gasteiger charge is 2.32. The van der Waals surface area contributed by atoms with Gasteiger partial charge < -0.3 is 4.74 Å². The second kappa shape index (κ2) is 4.75. The summed E-state index contributed by atoms with van der Waals surface area (Å²) < 4.78 is 5.08. The van der Waals surface area contributed by atoms with Crippen molar-refractivity contribution in [3.63, 3.8) is 0 Å². The number of carbonyl (C=O) groups excluding carboxylic acids is 1. The number of hydrogen-bond donors (Lipinski definition) is 0. The van der Waals surface area contributed by atoms with E-state index in [4.69, 9.17) is 4.74 Å². The minimum Gasteiger partial charge on any atom is -0.384 e. The fourth-order valence-corrected chi connectivity index (χ4v) is 1.33. The summed E-state index contributed by atoms with van der Waals surface area (Å²) in [5.41, 5.74) is -0.00262. The third-order valence-electron chi connectivity index (χ3n) is 2.29. The predicted octanol–water partition coefficient (Wildman–Crippen LogP) is 2.52. The lowest BCUT2D eigenvalue weighted by Gasteiger charge is -2.30. The third kappa shape index (κ3) is 3.90. The number of Topliss-reactive ketones (excluding diaryl/α,β-unsaturated/α-hetero) is 1. The van der Waals surface area contributed by atoms with Crippen LogP contribution < -0.4 is 0 Å². The average molecular weight is 186 g/mol. The van der Waals surface area contributed by atoms with Crippen molar-refractivity contribution in [1.29, 1.82) is 0 Å². The zero-order valence-corrected chi connectivity index (χ0v) is 9.68. The van der Waals surface area contributed by atoms with Crippen molar-refractivity contribution in [1.82, 2.24) is 0 Å². The number of methoxy groups -OCH3 is 1. The van der Waals surface area contributed by atoms with Crippen molar-refractivity contribution in [2.45, 2.75) is 34.6 Å². The lowest BCUT2D eigenvalue weighted by molar-refractivity contribution is -0.131. The summed E-state index contributed by atoms with van der Waals surface area (Å²) in [5, 5.41) is 0. The van der Waals surface area contributed by atoms with Crippen molar-refractivity contribution in [3.8, 4) is 0 Å². The molecule has 0 rings (SSSR count). The molecule has 0 aromatic heterocycles. The Balaban J connectivity index is 4.52. The van der Waals surface area contributed by atoms with Crippen LogP contribution in [0.3, 0.4) is 0 Å². The molecule has 0 bridgehead atoms. The van der Waals surface area contributed by atoms with E-state index >= 15 is 0 Å². The van der Waals surface area contributed by atoms with E-state index in [0.717, 1.165) is 0 Å². The number of carbonyl (C=O) groups is 1. The third-order valence-corrected chi connectivity index (χ3v) is 2.29. The highest BCUT2D eigenvalue weighted by Crippen LogP contribution is 2.28. The normalized spacial score (nSPS) is 14.7. The molecule has 1 unspecified atom stereocenters. The highest BCUT2D eigenvalue weighted by atomic mass is 16.5. The van der Waals surface area contributed by atoms with Crippen molar-refractivity contribution in [2.75, 3.05) is 13.7 Å². The van der Waals surface area contributed by atoms with Crippen LogP contribution in [-0.2, 0) is 9.53 Å². The van der Waals surface area contributed by atoms with Gasteiger partial charge in [0.2, 0.25) is 0 Å². The van der Waals surface area contributed by atoms with Gasteiger partial charge in [0.1, 0.15) is 5.78 Å². The van der Waals surface area contributed by atoms with Crippen molar-refractivity contribution >= 4 is 5.78 Å². The van der Waals surface area contributed by atoms with Gasteiger partial charge in [-0.2, -0.15) is 0 Å². The summed E-state index contributed by atoms with van der Waals surface area (Å²) >= 11 is 0. The summed E-state index contributed by atoms with van der Waals surface area (Å²) in [4.78, 5) is 11.8. The topological polar surface area (TPSA) is 26.3 Å². The van der Waals surface area contributed by atoms with Gasteiger partial charge in [-0.25, -0.2) is 0 Å². The van der Waals surface area contributed by atoms with E-state index in [9.17, 15) is 4.79 Å². The maximum absolute atomic E-state index is 11.8. The molecule has 78 valence electrons. The van der Waals surface area contributed by atoms with E-state index in [1.165, 1.54) is 0 Å². The van der Waals surface area contributed by atoms with E-state index in [-0.39, 0.29) is 17.3 Å². The van der Waals surface area contributed by atoms with Crippen LogP contribution in [0.25, 0.3) is 0 Å². The first-order valence-corrected chi connectivity index (χ1v) is 4.83. The van der Waals surface area contributed by atoms with E-state index in [2.05, 4.69) is 20.8 Å². The Labute approximate surface area is 81.7 Å². The van der Waals surface area contributed by atoms with Gasteiger partial charge in [-0.3, -0.25) is 4.79 Å². The van der Waals surface area contributed by atoms with E-state index in [1.807, 2.05) is 13.8 Å². The molecule has 0 heterocycles. The Morgan fingerprint density at radius 3 is 2.00 bits per heavy atom. The van der Waals surface area contributed by atoms with Gasteiger partial charge in [0, 0.05) is 18.9 Å². The van der Waals surface area contributed by atoms with Crippen molar-refractivity contribution in [2.24, 2.45) is 17.3 Å². The first-order chi connectivity index (χ1) is 5.80. The van der Waals surface area contributed by atoms with Crippen LogP contribution >= 0.6 is 0 Å². The molecule has 0 aromatic rings. The first-order valence-electron chi connectivity index (χ1n) is 4.83. The minimum atomic E-state index is -0.00262. The van der Waals surface area contributed by atoms with Crippen molar-refractivity contribution < 1.29 is 9.53 Å². The van der Waals surface area contributed by atoms with E-state index in [1.54, 1.807) is 7.11 Å². The molecule has 0 saturated heterocycles. The number of ether oxygens (including phenoxy) is 1. The molecular formula is C11H22O2. The van der Waals surface area contributed by atoms with Crippen LogP contribution in [0.2, 0.25) is 0 Å². The monoisotopic (exact) mass is 186 g/mol. The molecule has 0 amide bonds. The van der Waals surface area contributed by atoms with Crippen LogP contribution in [0, 0.1) is 17.3 Å². The largest absolute Gasteiger partial charge is 0.384 e. The van der Waals surface area contributed by atoms with Gasteiger partial charge in [0.05, 0.1) is 6.61 Å². The molecule has 0 aliphatic rings. The summed E-state index contributed by atoms with van der Waals surface area (Å²) in [6, 6.07) is 0. The fourth-order valence-electron chi connectivity index (χ4n) is 1.33. The van der Waals surface area contributed by atoms with Gasteiger partial charge in [-0.1, -0.05) is 34.6 Å². The van der Waals surface area contributed by atoms with Gasteiger partial charge in [-0.05, 0) is 5.41 Å². The van der Waals surface area contributed by atoms with Crippen molar-refractivity contribution in [3.05, 3.63) is 0 Å². The SMILES string of the molecule is COCC(C(=O)C(C)C)C(C)(C)C. The Morgan fingerprint density at radius 2 is 1.77 bits per heavy atom. The smallest absolute Gasteiger partial charge is 0.141 e. The Morgan fingerprint density at radius 1 is 1.31 bits per heavy atom. The maximum atomic E-state index is 11.8. The van der Waals surface area contributed by atoms with Crippen LogP contribution in [0.5, 0.6) is 0 Å². The molecule has 13 heavy (non-hydrogen) atoms. The molecular weight excluding hydrogens is 164 g/mol. The lowest BCUT2D eigenvalue weighted by atomic mass is 9.76. The maximum Gasteiger partial charge on any atom is 0.141 e. The molecule has 0 N–H and O–H groups in total. The van der Waals surface area contributed by atoms with Gasteiger partial charge in [-0.15, -0.1) is 0 Å². The second-order valence-electron chi connectivity index (χ2n) is 4.93. The van der Waals surface area contributed by atoms with E-state index in [0.29, 0.717) is 12.4 Å². The van der Waals surface area contributed by atoms with Crippen LogP contribution in [0.4, 0.5) is 0 Å². The Hall–Kier alpha value is -0.370. The molecule has 0 aliphatic carbocycles. The molecule has 1 atom stereocenters. The van der Waals surface area contributed by atoms with Crippen LogP contribution in [0.1, 0.15) is 34.6 Å². The summed E-state index contributed by atoms with van der Waals surface area (Å²) in [5.74, 6) is 0.409. The summed E-state index contributed by atoms with van der Waals surface area (Å²) in [7, 11) is 1.65. The molecule has 2 heteroatoms. The summed E-state index contributed by atoms with van der Waals surface area (Å²) in [6.45, 7) is 10.7. The number of rotatable bonds is 4. The fraction of sp³-hybridized carbons (Fsp3) is 0.909.